The molecule has 16 heavy (non-hydrogen) atoms. The van der Waals surface area contributed by atoms with E-state index in [-0.39, 0.29) is 0 Å². The first kappa shape index (κ1) is 11.7. The fraction of sp³-hybridized carbons (Fsp3) is 0.250. The number of benzene rings is 1. The Morgan fingerprint density at radius 3 is 2.62 bits per heavy atom. The van der Waals surface area contributed by atoms with Crippen LogP contribution in [-0.4, -0.2) is 9.97 Å². The molecule has 1 aromatic heterocycles. The summed E-state index contributed by atoms with van der Waals surface area (Å²) in [6.07, 6.45) is 0.955. The van der Waals surface area contributed by atoms with E-state index < -0.39 is 0 Å². The zero-order chi connectivity index (χ0) is 11.5. The van der Waals surface area contributed by atoms with Crippen LogP contribution in [0.25, 0.3) is 0 Å². The lowest BCUT2D eigenvalue weighted by Crippen LogP contribution is -2.00. The fourth-order valence-corrected chi connectivity index (χ4v) is 2.07. The van der Waals surface area contributed by atoms with Gasteiger partial charge in [-0.15, -0.1) is 0 Å². The van der Waals surface area contributed by atoms with Crippen LogP contribution in [0, 0.1) is 0 Å². The number of hydrogen-bond donors (Lipinski definition) is 1. The second kappa shape index (κ2) is 5.02. The average molecular weight is 300 g/mol. The zero-order valence-corrected chi connectivity index (χ0v) is 11.2. The maximum Gasteiger partial charge on any atom is 0.143 e. The summed E-state index contributed by atoms with van der Waals surface area (Å²) in [5.41, 5.74) is 1.30. The molecule has 0 aliphatic rings. The highest BCUT2D eigenvalue weighted by Gasteiger charge is 2.12. The van der Waals surface area contributed by atoms with Crippen LogP contribution < -0.4 is 0 Å². The van der Waals surface area contributed by atoms with Crippen molar-refractivity contribution in [2.75, 3.05) is 0 Å². The molecular weight excluding hydrogens is 288 g/mol. The molecule has 0 bridgehead atoms. The molecule has 1 heterocycles. The first-order valence-electron chi connectivity index (χ1n) is 5.11. The van der Waals surface area contributed by atoms with E-state index in [2.05, 4.69) is 45.0 Å². The molecule has 2 nitrogen and oxygen atoms in total. The van der Waals surface area contributed by atoms with Gasteiger partial charge in [-0.3, -0.25) is 0 Å². The number of aromatic nitrogens is 2. The van der Waals surface area contributed by atoms with Crippen LogP contribution in [0.4, 0.5) is 0 Å². The van der Waals surface area contributed by atoms with Crippen molar-refractivity contribution in [1.29, 1.82) is 0 Å². The molecule has 0 fully saturated rings. The van der Waals surface area contributed by atoms with E-state index >= 15 is 0 Å². The predicted octanol–water partition coefficient (Wildman–Crippen LogP) is 4.17. The highest BCUT2D eigenvalue weighted by atomic mass is 79.9. The topological polar surface area (TPSA) is 28.7 Å². The van der Waals surface area contributed by atoms with Crippen molar-refractivity contribution in [1.82, 2.24) is 9.97 Å². The minimum Gasteiger partial charge on any atom is -0.332 e. The summed E-state index contributed by atoms with van der Waals surface area (Å²) >= 11 is 9.21. The minimum absolute atomic E-state index is 0.325. The second-order valence-electron chi connectivity index (χ2n) is 3.82. The van der Waals surface area contributed by atoms with Crippen LogP contribution in [0.15, 0.2) is 34.9 Å². The van der Waals surface area contributed by atoms with Crippen molar-refractivity contribution in [3.05, 3.63) is 51.5 Å². The Morgan fingerprint density at radius 1 is 1.38 bits per heavy atom. The van der Waals surface area contributed by atoms with Crippen LogP contribution in [-0.2, 0) is 6.42 Å². The zero-order valence-electron chi connectivity index (χ0n) is 8.87. The summed E-state index contributed by atoms with van der Waals surface area (Å²) in [5.74, 6) is 1.24. The molecule has 2 rings (SSSR count). The summed E-state index contributed by atoms with van der Waals surface area (Å²) in [7, 11) is 0. The smallest absolute Gasteiger partial charge is 0.143 e. The van der Waals surface area contributed by atoms with Crippen LogP contribution in [0.2, 0.25) is 5.15 Å². The van der Waals surface area contributed by atoms with E-state index in [1.165, 1.54) is 5.56 Å². The molecule has 0 unspecified atom stereocenters. The molecule has 0 amide bonds. The van der Waals surface area contributed by atoms with Gasteiger partial charge < -0.3 is 4.98 Å². The molecule has 1 aromatic carbocycles. The van der Waals surface area contributed by atoms with Gasteiger partial charge in [-0.25, -0.2) is 4.98 Å². The van der Waals surface area contributed by atoms with E-state index in [1.54, 1.807) is 0 Å². The number of nitrogens with zero attached hydrogens (tertiary/aromatic N) is 1. The molecule has 1 N–H and O–H groups in total. The highest BCUT2D eigenvalue weighted by molar-refractivity contribution is 9.10. The maximum absolute atomic E-state index is 5.91. The van der Waals surface area contributed by atoms with Crippen LogP contribution in [0.1, 0.15) is 24.2 Å². The van der Waals surface area contributed by atoms with Crippen LogP contribution >= 0.6 is 27.5 Å². The molecule has 0 saturated heterocycles. The normalized spacial score (nSPS) is 12.7. The maximum atomic E-state index is 5.91. The van der Waals surface area contributed by atoms with Gasteiger partial charge in [0, 0.05) is 5.92 Å². The molecule has 0 radical (unpaired) electrons. The van der Waals surface area contributed by atoms with Gasteiger partial charge in [0.05, 0.1) is 0 Å². The van der Waals surface area contributed by atoms with Gasteiger partial charge in [0.2, 0.25) is 0 Å². The SMILES string of the molecule is C[C@@H](Cc1ccccc1)c1nc(Br)c(Cl)[nH]1. The third-order valence-corrected chi connectivity index (χ3v) is 3.56. The molecule has 4 heteroatoms. The highest BCUT2D eigenvalue weighted by Crippen LogP contribution is 2.24. The number of hydrogen-bond acceptors (Lipinski definition) is 1. The number of halogens is 2. The number of nitrogens with one attached hydrogen (secondary N) is 1. The van der Waals surface area contributed by atoms with E-state index in [4.69, 9.17) is 11.6 Å². The molecule has 1 atom stereocenters. The number of H-pyrrole nitrogens is 1. The van der Waals surface area contributed by atoms with E-state index in [1.807, 2.05) is 18.2 Å². The van der Waals surface area contributed by atoms with Gasteiger partial charge in [0.1, 0.15) is 15.6 Å². The monoisotopic (exact) mass is 298 g/mol. The van der Waals surface area contributed by atoms with Gasteiger partial charge in [-0.05, 0) is 27.9 Å². The second-order valence-corrected chi connectivity index (χ2v) is 4.95. The van der Waals surface area contributed by atoms with Gasteiger partial charge >= 0.3 is 0 Å². The fourth-order valence-electron chi connectivity index (χ4n) is 1.64. The lowest BCUT2D eigenvalue weighted by molar-refractivity contribution is 0.709. The number of imidazole rings is 1. The molecule has 0 aliphatic carbocycles. The number of aromatic amines is 1. The van der Waals surface area contributed by atoms with E-state index in [0.29, 0.717) is 15.7 Å². The van der Waals surface area contributed by atoms with Gasteiger partial charge in [-0.2, -0.15) is 0 Å². The third kappa shape index (κ3) is 2.66. The summed E-state index contributed by atoms with van der Waals surface area (Å²) in [4.78, 5) is 7.41. The third-order valence-electron chi connectivity index (χ3n) is 2.49. The Labute approximate surface area is 108 Å². The molecule has 2 aromatic rings. The van der Waals surface area contributed by atoms with Crippen LogP contribution in [0.5, 0.6) is 0 Å². The van der Waals surface area contributed by atoms with Crippen molar-refractivity contribution >= 4 is 27.5 Å². The molecule has 0 saturated carbocycles. The van der Waals surface area contributed by atoms with Crippen molar-refractivity contribution in [3.63, 3.8) is 0 Å². The molecular formula is C12H12BrClN2. The lowest BCUT2D eigenvalue weighted by atomic mass is 10.0. The van der Waals surface area contributed by atoms with Gasteiger partial charge in [0.15, 0.2) is 0 Å². The Balaban J connectivity index is 2.11. The van der Waals surface area contributed by atoms with Crippen molar-refractivity contribution < 1.29 is 0 Å². The van der Waals surface area contributed by atoms with Crippen molar-refractivity contribution in [2.45, 2.75) is 19.3 Å². The Bertz CT molecular complexity index is 448. The van der Waals surface area contributed by atoms with Crippen molar-refractivity contribution in [2.24, 2.45) is 0 Å². The average Bonchev–Trinajstić information content (AvgIpc) is 2.61. The molecule has 0 aliphatic heterocycles. The van der Waals surface area contributed by atoms with Gasteiger partial charge in [-0.1, -0.05) is 48.9 Å². The summed E-state index contributed by atoms with van der Waals surface area (Å²) in [5, 5.41) is 0.565. The lowest BCUT2D eigenvalue weighted by Gasteiger charge is -2.07. The first-order chi connectivity index (χ1) is 7.66. The summed E-state index contributed by atoms with van der Waals surface area (Å²) < 4.78 is 0.684. The summed E-state index contributed by atoms with van der Waals surface area (Å²) in [6.45, 7) is 2.13. The molecule has 84 valence electrons. The van der Waals surface area contributed by atoms with E-state index in [9.17, 15) is 0 Å². The number of rotatable bonds is 3. The Kier molecular flexibility index (Phi) is 3.66. The first-order valence-corrected chi connectivity index (χ1v) is 6.28. The minimum atomic E-state index is 0.325. The largest absolute Gasteiger partial charge is 0.332 e. The summed E-state index contributed by atoms with van der Waals surface area (Å²) in [6, 6.07) is 10.4. The molecule has 0 spiro atoms. The predicted molar refractivity (Wildman–Crippen MR) is 69.9 cm³/mol. The van der Waals surface area contributed by atoms with Crippen molar-refractivity contribution in [3.8, 4) is 0 Å². The Morgan fingerprint density at radius 2 is 2.06 bits per heavy atom. The standard InChI is InChI=1S/C12H12BrClN2/c1-8(7-9-5-3-2-4-6-9)12-15-10(13)11(14)16-12/h2-6,8H,7H2,1H3,(H,15,16)/t8-/m0/s1. The van der Waals surface area contributed by atoms with Gasteiger partial charge in [0.25, 0.3) is 0 Å². The Hall–Kier alpha value is -0.800. The van der Waals surface area contributed by atoms with Crippen LogP contribution in [0.3, 0.4) is 0 Å². The quantitative estimate of drug-likeness (QED) is 0.905. The van der Waals surface area contributed by atoms with E-state index in [0.717, 1.165) is 12.2 Å².